The van der Waals surface area contributed by atoms with Crippen LogP contribution in [0.4, 0.5) is 5.69 Å². The van der Waals surface area contributed by atoms with Crippen molar-refractivity contribution in [3.05, 3.63) is 94.1 Å². The Hall–Kier alpha value is -4.37. The van der Waals surface area contributed by atoms with Gasteiger partial charge in [-0.1, -0.05) is 42.0 Å². The molecule has 33 heavy (non-hydrogen) atoms. The van der Waals surface area contributed by atoms with E-state index < -0.39 is 11.9 Å². The van der Waals surface area contributed by atoms with Crippen LogP contribution in [-0.2, 0) is 4.79 Å². The van der Waals surface area contributed by atoms with Crippen LogP contribution in [0.25, 0.3) is 6.08 Å². The highest BCUT2D eigenvalue weighted by atomic mass is 16.6. The second kappa shape index (κ2) is 10.3. The Morgan fingerprint density at radius 2 is 1.61 bits per heavy atom. The number of methoxy groups -OCH3 is 1. The van der Waals surface area contributed by atoms with Crippen LogP contribution in [0.15, 0.2) is 66.2 Å². The molecule has 0 bridgehead atoms. The normalized spacial score (nSPS) is 10.8. The van der Waals surface area contributed by atoms with Gasteiger partial charge in [-0.05, 0) is 67.8 Å². The Morgan fingerprint density at radius 3 is 2.21 bits per heavy atom. The van der Waals surface area contributed by atoms with Gasteiger partial charge in [-0.15, -0.1) is 0 Å². The molecule has 0 heterocycles. The van der Waals surface area contributed by atoms with Crippen molar-refractivity contribution in [1.29, 1.82) is 5.26 Å². The molecule has 0 saturated carbocycles. The molecule has 6 nitrogen and oxygen atoms in total. The molecule has 0 aliphatic rings. The highest BCUT2D eigenvalue weighted by Gasteiger charge is 2.15. The van der Waals surface area contributed by atoms with E-state index in [-0.39, 0.29) is 11.3 Å². The van der Waals surface area contributed by atoms with E-state index in [1.165, 1.54) is 13.2 Å². The topological polar surface area (TPSA) is 88.4 Å². The fraction of sp³-hybridized carbons (Fsp3) is 0.148. The van der Waals surface area contributed by atoms with Gasteiger partial charge in [-0.2, -0.15) is 5.26 Å². The maximum Gasteiger partial charge on any atom is 0.343 e. The SMILES string of the molecule is COc1ccc(C=C(C#N)C(=O)Nc2c(C)cc(C)cc2C)cc1OC(=O)c1ccccc1. The summed E-state index contributed by atoms with van der Waals surface area (Å²) in [6.45, 7) is 5.79. The van der Waals surface area contributed by atoms with Crippen molar-refractivity contribution < 1.29 is 19.1 Å². The number of rotatable bonds is 6. The monoisotopic (exact) mass is 440 g/mol. The van der Waals surface area contributed by atoms with Crippen molar-refractivity contribution in [2.45, 2.75) is 20.8 Å². The molecule has 0 aromatic heterocycles. The van der Waals surface area contributed by atoms with Crippen LogP contribution in [0.2, 0.25) is 0 Å². The fourth-order valence-corrected chi connectivity index (χ4v) is 3.47. The van der Waals surface area contributed by atoms with Crippen LogP contribution in [0.1, 0.15) is 32.6 Å². The molecule has 0 spiro atoms. The number of ether oxygens (including phenoxy) is 2. The zero-order chi connectivity index (χ0) is 24.0. The summed E-state index contributed by atoms with van der Waals surface area (Å²) in [5.41, 5.74) is 4.42. The third kappa shape index (κ3) is 5.66. The number of hydrogen-bond donors (Lipinski definition) is 1. The van der Waals surface area contributed by atoms with Crippen molar-refractivity contribution in [2.75, 3.05) is 12.4 Å². The quantitative estimate of drug-likeness (QED) is 0.240. The Kier molecular flexibility index (Phi) is 7.27. The highest BCUT2D eigenvalue weighted by Crippen LogP contribution is 2.30. The first-order chi connectivity index (χ1) is 15.8. The average Bonchev–Trinajstić information content (AvgIpc) is 2.80. The van der Waals surface area contributed by atoms with Gasteiger partial charge in [0.25, 0.3) is 5.91 Å². The number of nitriles is 1. The van der Waals surface area contributed by atoms with Crippen molar-refractivity contribution in [2.24, 2.45) is 0 Å². The second-order valence-electron chi connectivity index (χ2n) is 7.56. The molecular formula is C27H24N2O4. The molecule has 3 aromatic carbocycles. The van der Waals surface area contributed by atoms with Crippen molar-refractivity contribution in [3.8, 4) is 17.6 Å². The molecule has 1 N–H and O–H groups in total. The number of nitrogens with one attached hydrogen (secondary N) is 1. The van der Waals surface area contributed by atoms with E-state index in [0.29, 0.717) is 22.6 Å². The predicted molar refractivity (Wildman–Crippen MR) is 127 cm³/mol. The number of anilines is 1. The van der Waals surface area contributed by atoms with Crippen molar-refractivity contribution >= 4 is 23.6 Å². The Bertz CT molecular complexity index is 1250. The van der Waals surface area contributed by atoms with E-state index in [2.05, 4.69) is 5.32 Å². The maximum atomic E-state index is 12.8. The Morgan fingerprint density at radius 1 is 0.939 bits per heavy atom. The van der Waals surface area contributed by atoms with Gasteiger partial charge >= 0.3 is 5.97 Å². The number of carbonyl (C=O) groups excluding carboxylic acids is 2. The number of aryl methyl sites for hydroxylation is 3. The molecule has 0 radical (unpaired) electrons. The summed E-state index contributed by atoms with van der Waals surface area (Å²) in [7, 11) is 1.46. The Balaban J connectivity index is 1.88. The number of esters is 1. The van der Waals surface area contributed by atoms with E-state index in [0.717, 1.165) is 16.7 Å². The van der Waals surface area contributed by atoms with E-state index >= 15 is 0 Å². The van der Waals surface area contributed by atoms with Crippen LogP contribution in [-0.4, -0.2) is 19.0 Å². The van der Waals surface area contributed by atoms with E-state index in [1.54, 1.807) is 48.5 Å². The van der Waals surface area contributed by atoms with Crippen LogP contribution in [0.3, 0.4) is 0 Å². The van der Waals surface area contributed by atoms with Gasteiger partial charge < -0.3 is 14.8 Å². The third-order valence-electron chi connectivity index (χ3n) is 4.99. The van der Waals surface area contributed by atoms with Gasteiger partial charge in [-0.25, -0.2) is 4.79 Å². The smallest absolute Gasteiger partial charge is 0.343 e. The summed E-state index contributed by atoms with van der Waals surface area (Å²) in [5, 5.41) is 12.4. The highest BCUT2D eigenvalue weighted by molar-refractivity contribution is 6.10. The number of benzene rings is 3. The zero-order valence-corrected chi connectivity index (χ0v) is 18.9. The van der Waals surface area contributed by atoms with Crippen LogP contribution < -0.4 is 14.8 Å². The lowest BCUT2D eigenvalue weighted by Gasteiger charge is -2.13. The van der Waals surface area contributed by atoms with Crippen LogP contribution in [0.5, 0.6) is 11.5 Å². The largest absolute Gasteiger partial charge is 0.493 e. The maximum absolute atomic E-state index is 12.8. The van der Waals surface area contributed by atoms with E-state index in [9.17, 15) is 14.9 Å². The average molecular weight is 440 g/mol. The molecule has 3 rings (SSSR count). The van der Waals surface area contributed by atoms with Gasteiger partial charge in [0, 0.05) is 5.69 Å². The minimum absolute atomic E-state index is 0.0834. The Labute approximate surface area is 193 Å². The first-order valence-electron chi connectivity index (χ1n) is 10.3. The lowest BCUT2D eigenvalue weighted by atomic mass is 10.0. The fourth-order valence-electron chi connectivity index (χ4n) is 3.47. The molecule has 0 aliphatic heterocycles. The van der Waals surface area contributed by atoms with E-state index in [1.807, 2.05) is 39.0 Å². The number of amides is 1. The summed E-state index contributed by atoms with van der Waals surface area (Å²) in [6.07, 6.45) is 1.44. The summed E-state index contributed by atoms with van der Waals surface area (Å²) >= 11 is 0. The molecule has 0 saturated heterocycles. The first-order valence-corrected chi connectivity index (χ1v) is 10.3. The van der Waals surface area contributed by atoms with Gasteiger partial charge in [0.05, 0.1) is 12.7 Å². The third-order valence-corrected chi connectivity index (χ3v) is 4.99. The van der Waals surface area contributed by atoms with Crippen LogP contribution in [0, 0.1) is 32.1 Å². The molecule has 3 aromatic rings. The second-order valence-corrected chi connectivity index (χ2v) is 7.56. The lowest BCUT2D eigenvalue weighted by Crippen LogP contribution is -2.15. The molecule has 0 aliphatic carbocycles. The summed E-state index contributed by atoms with van der Waals surface area (Å²) in [6, 6.07) is 19.3. The van der Waals surface area contributed by atoms with E-state index in [4.69, 9.17) is 9.47 Å². The lowest BCUT2D eigenvalue weighted by molar-refractivity contribution is -0.112. The molecule has 0 unspecified atom stereocenters. The van der Waals surface area contributed by atoms with Gasteiger partial charge in [-0.3, -0.25) is 4.79 Å². The molecule has 6 heteroatoms. The number of nitrogens with zero attached hydrogens (tertiary/aromatic N) is 1. The van der Waals surface area contributed by atoms with Crippen molar-refractivity contribution in [3.63, 3.8) is 0 Å². The standard InChI is InChI=1S/C27H24N2O4/c1-17-12-18(2)25(19(3)13-17)29-26(30)22(16-28)14-20-10-11-23(32-4)24(15-20)33-27(31)21-8-6-5-7-9-21/h5-15H,1-4H3,(H,29,30). The van der Waals surface area contributed by atoms with Gasteiger partial charge in [0.2, 0.25) is 0 Å². The summed E-state index contributed by atoms with van der Waals surface area (Å²) in [4.78, 5) is 25.3. The number of hydrogen-bond acceptors (Lipinski definition) is 5. The minimum Gasteiger partial charge on any atom is -0.493 e. The summed E-state index contributed by atoms with van der Waals surface area (Å²) in [5.74, 6) is -0.530. The zero-order valence-electron chi connectivity index (χ0n) is 18.9. The molecule has 0 atom stereocenters. The molecule has 166 valence electrons. The minimum atomic E-state index is -0.543. The summed E-state index contributed by atoms with van der Waals surface area (Å²) < 4.78 is 10.8. The molecular weight excluding hydrogens is 416 g/mol. The van der Waals surface area contributed by atoms with Crippen LogP contribution >= 0.6 is 0 Å². The first kappa shape index (κ1) is 23.3. The molecule has 0 fully saturated rings. The number of carbonyl (C=O) groups is 2. The van der Waals surface area contributed by atoms with Crippen molar-refractivity contribution in [1.82, 2.24) is 0 Å². The van der Waals surface area contributed by atoms with Gasteiger partial charge in [0.1, 0.15) is 11.6 Å². The van der Waals surface area contributed by atoms with Gasteiger partial charge in [0.15, 0.2) is 11.5 Å². The molecule has 1 amide bonds. The predicted octanol–water partition coefficient (Wildman–Crippen LogP) is 5.39.